The van der Waals surface area contributed by atoms with Gasteiger partial charge in [0.15, 0.2) is 0 Å². The normalized spacial score (nSPS) is 10.3. The Morgan fingerprint density at radius 3 is 2.67 bits per heavy atom. The van der Waals surface area contributed by atoms with Crippen LogP contribution in [0.15, 0.2) is 34.8 Å². The highest BCUT2D eigenvalue weighted by Crippen LogP contribution is 2.34. The first-order valence-electron chi connectivity index (χ1n) is 5.13. The topological polar surface area (TPSA) is 72.2 Å². The lowest BCUT2D eigenvalue weighted by molar-refractivity contribution is -0.382. The molecule has 1 N–H and O–H groups in total. The average Bonchev–Trinajstić information content (AvgIpc) is 2.27. The Morgan fingerprint density at radius 2 is 2.06 bits per heavy atom. The van der Waals surface area contributed by atoms with Crippen molar-refractivity contribution in [2.24, 2.45) is 0 Å². The van der Waals surface area contributed by atoms with Crippen LogP contribution >= 0.6 is 15.9 Å². The Balaban J connectivity index is 2.74. The number of carbonyl (C=O) groups excluding carboxylic acids is 1. The minimum Gasteiger partial charge on any atom is -0.321 e. The number of fused-ring (bicyclic) bond motifs is 1. The molecule has 0 spiro atoms. The van der Waals surface area contributed by atoms with E-state index in [1.807, 2.05) is 0 Å². The molecule has 5 nitrogen and oxygen atoms in total. The lowest BCUT2D eigenvalue weighted by Crippen LogP contribution is -2.08. The van der Waals surface area contributed by atoms with Gasteiger partial charge in [-0.15, -0.1) is 0 Å². The van der Waals surface area contributed by atoms with E-state index in [1.165, 1.54) is 13.0 Å². The molecule has 0 unspecified atom stereocenters. The number of carbonyl (C=O) groups is 1. The highest BCUT2D eigenvalue weighted by atomic mass is 79.9. The molecule has 0 bridgehead atoms. The molecule has 92 valence electrons. The lowest BCUT2D eigenvalue weighted by atomic mass is 10.1. The van der Waals surface area contributed by atoms with Crippen molar-refractivity contribution in [1.29, 1.82) is 0 Å². The Bertz CT molecular complexity index is 655. The van der Waals surface area contributed by atoms with Crippen LogP contribution in [0.5, 0.6) is 0 Å². The van der Waals surface area contributed by atoms with E-state index in [2.05, 4.69) is 21.2 Å². The van der Waals surface area contributed by atoms with Gasteiger partial charge in [-0.3, -0.25) is 14.9 Å². The third-order valence-corrected chi connectivity index (χ3v) is 2.94. The van der Waals surface area contributed by atoms with Gasteiger partial charge in [0.05, 0.1) is 10.3 Å². The Morgan fingerprint density at radius 1 is 1.33 bits per heavy atom. The Labute approximate surface area is 111 Å². The van der Waals surface area contributed by atoms with E-state index in [-0.39, 0.29) is 17.3 Å². The van der Waals surface area contributed by atoms with Crippen molar-refractivity contribution in [3.8, 4) is 0 Å². The summed E-state index contributed by atoms with van der Waals surface area (Å²) in [4.78, 5) is 21.7. The molecule has 0 aliphatic carbocycles. The summed E-state index contributed by atoms with van der Waals surface area (Å²) >= 11 is 3.31. The standard InChI is InChI=1S/C12H9BrN2O3/c1-7(16)14-11-5-2-8-6-9(13)3-4-10(8)12(11)15(17)18/h2-6H,1H3,(H,14,16). The van der Waals surface area contributed by atoms with E-state index < -0.39 is 4.92 Å². The molecule has 0 aliphatic rings. The average molecular weight is 309 g/mol. The molecule has 2 rings (SSSR count). The van der Waals surface area contributed by atoms with E-state index >= 15 is 0 Å². The molecule has 0 aromatic heterocycles. The SMILES string of the molecule is CC(=O)Nc1ccc2cc(Br)ccc2c1[N+](=O)[O-]. The number of halogens is 1. The first-order valence-corrected chi connectivity index (χ1v) is 5.92. The molecule has 18 heavy (non-hydrogen) atoms. The number of nitrogens with one attached hydrogen (secondary N) is 1. The second-order valence-corrected chi connectivity index (χ2v) is 4.68. The van der Waals surface area contributed by atoms with Crippen LogP contribution in [0.4, 0.5) is 11.4 Å². The van der Waals surface area contributed by atoms with Gasteiger partial charge in [-0.25, -0.2) is 0 Å². The minimum atomic E-state index is -0.485. The van der Waals surface area contributed by atoms with Crippen LogP contribution in [0.1, 0.15) is 6.92 Å². The van der Waals surface area contributed by atoms with E-state index in [0.717, 1.165) is 9.86 Å². The molecule has 0 aliphatic heterocycles. The number of hydrogen-bond acceptors (Lipinski definition) is 3. The van der Waals surface area contributed by atoms with E-state index in [0.29, 0.717) is 5.39 Å². The highest BCUT2D eigenvalue weighted by Gasteiger charge is 2.19. The molecule has 0 atom stereocenters. The predicted octanol–water partition coefficient (Wildman–Crippen LogP) is 3.47. The zero-order valence-corrected chi connectivity index (χ0v) is 11.0. The molecular weight excluding hydrogens is 300 g/mol. The van der Waals surface area contributed by atoms with Gasteiger partial charge in [-0.1, -0.05) is 22.0 Å². The van der Waals surface area contributed by atoms with Crippen molar-refractivity contribution in [2.45, 2.75) is 6.92 Å². The lowest BCUT2D eigenvalue weighted by Gasteiger charge is -2.06. The van der Waals surface area contributed by atoms with E-state index in [4.69, 9.17) is 0 Å². The largest absolute Gasteiger partial charge is 0.321 e. The second-order valence-electron chi connectivity index (χ2n) is 3.77. The minimum absolute atomic E-state index is 0.0878. The number of benzene rings is 2. The van der Waals surface area contributed by atoms with Crippen molar-refractivity contribution >= 4 is 44.0 Å². The summed E-state index contributed by atoms with van der Waals surface area (Å²) in [5, 5.41) is 14.8. The molecule has 6 heteroatoms. The Kier molecular flexibility index (Phi) is 3.29. The quantitative estimate of drug-likeness (QED) is 0.682. The number of nitrogens with zero attached hydrogens (tertiary/aromatic N) is 1. The predicted molar refractivity (Wildman–Crippen MR) is 72.6 cm³/mol. The van der Waals surface area contributed by atoms with Gasteiger partial charge in [0.1, 0.15) is 5.69 Å². The maximum atomic E-state index is 11.1. The number of amides is 1. The van der Waals surface area contributed by atoms with Crippen LogP contribution in [0.25, 0.3) is 10.8 Å². The van der Waals surface area contributed by atoms with Crippen molar-refractivity contribution in [3.63, 3.8) is 0 Å². The van der Waals surface area contributed by atoms with Crippen LogP contribution in [0, 0.1) is 10.1 Å². The van der Waals surface area contributed by atoms with Gasteiger partial charge in [-0.05, 0) is 29.7 Å². The number of anilines is 1. The molecule has 2 aromatic rings. The maximum Gasteiger partial charge on any atom is 0.300 e. The van der Waals surface area contributed by atoms with Gasteiger partial charge in [0.2, 0.25) is 5.91 Å². The molecule has 0 saturated heterocycles. The van der Waals surface area contributed by atoms with Crippen molar-refractivity contribution in [1.82, 2.24) is 0 Å². The van der Waals surface area contributed by atoms with Crippen LogP contribution in [-0.2, 0) is 4.79 Å². The number of nitro benzene ring substituents is 1. The molecular formula is C12H9BrN2O3. The molecule has 2 aromatic carbocycles. The number of hydrogen-bond donors (Lipinski definition) is 1. The van der Waals surface area contributed by atoms with Gasteiger partial charge in [0, 0.05) is 11.4 Å². The van der Waals surface area contributed by atoms with Gasteiger partial charge < -0.3 is 5.32 Å². The molecule has 0 fully saturated rings. The third kappa shape index (κ3) is 2.33. The summed E-state index contributed by atoms with van der Waals surface area (Å²) in [6.45, 7) is 1.31. The molecule has 1 amide bonds. The fourth-order valence-corrected chi connectivity index (χ4v) is 2.15. The summed E-state index contributed by atoms with van der Waals surface area (Å²) in [5.74, 6) is -0.338. The third-order valence-electron chi connectivity index (χ3n) is 2.45. The Hall–Kier alpha value is -1.95. The van der Waals surface area contributed by atoms with Crippen molar-refractivity contribution in [2.75, 3.05) is 5.32 Å². The summed E-state index contributed by atoms with van der Waals surface area (Å²) < 4.78 is 0.844. The van der Waals surface area contributed by atoms with Gasteiger partial charge in [0.25, 0.3) is 5.69 Å². The van der Waals surface area contributed by atoms with Crippen LogP contribution in [0.3, 0.4) is 0 Å². The summed E-state index contributed by atoms with van der Waals surface area (Å²) in [7, 11) is 0. The molecule has 0 heterocycles. The smallest absolute Gasteiger partial charge is 0.300 e. The van der Waals surface area contributed by atoms with Gasteiger partial charge >= 0.3 is 0 Å². The summed E-state index contributed by atoms with van der Waals surface area (Å²) in [6, 6.07) is 8.45. The van der Waals surface area contributed by atoms with E-state index in [1.54, 1.807) is 24.3 Å². The van der Waals surface area contributed by atoms with Gasteiger partial charge in [-0.2, -0.15) is 0 Å². The van der Waals surface area contributed by atoms with E-state index in [9.17, 15) is 14.9 Å². The van der Waals surface area contributed by atoms with Crippen LogP contribution in [-0.4, -0.2) is 10.8 Å². The first-order chi connectivity index (χ1) is 8.49. The zero-order valence-electron chi connectivity index (χ0n) is 9.44. The number of rotatable bonds is 2. The fraction of sp³-hybridized carbons (Fsp3) is 0.0833. The first kappa shape index (κ1) is 12.5. The second kappa shape index (κ2) is 4.73. The zero-order chi connectivity index (χ0) is 13.3. The molecule has 0 saturated carbocycles. The fourth-order valence-electron chi connectivity index (χ4n) is 1.77. The number of nitro groups is 1. The monoisotopic (exact) mass is 308 g/mol. The maximum absolute atomic E-state index is 11.1. The summed E-state index contributed by atoms with van der Waals surface area (Å²) in [5.41, 5.74) is 0.123. The van der Waals surface area contributed by atoms with Crippen molar-refractivity contribution < 1.29 is 9.72 Å². The van der Waals surface area contributed by atoms with Crippen LogP contribution in [0.2, 0.25) is 0 Å². The van der Waals surface area contributed by atoms with Crippen molar-refractivity contribution in [3.05, 3.63) is 44.9 Å². The van der Waals surface area contributed by atoms with Crippen LogP contribution < -0.4 is 5.32 Å². The molecule has 0 radical (unpaired) electrons. The summed E-state index contributed by atoms with van der Waals surface area (Å²) in [6.07, 6.45) is 0. The highest BCUT2D eigenvalue weighted by molar-refractivity contribution is 9.10.